The zero-order chi connectivity index (χ0) is 19.2. The maximum atomic E-state index is 10.8. The third-order valence-corrected chi connectivity index (χ3v) is 4.87. The van der Waals surface area contributed by atoms with Crippen LogP contribution < -0.4 is 9.47 Å². The number of ether oxygens (including phenoxy) is 2. The van der Waals surface area contributed by atoms with Gasteiger partial charge in [0.2, 0.25) is 0 Å². The van der Waals surface area contributed by atoms with Gasteiger partial charge in [-0.05, 0) is 43.2 Å². The van der Waals surface area contributed by atoms with Crippen LogP contribution in [0.3, 0.4) is 0 Å². The summed E-state index contributed by atoms with van der Waals surface area (Å²) in [6.07, 6.45) is -0.0802. The average molecular weight is 383 g/mol. The summed E-state index contributed by atoms with van der Waals surface area (Å²) >= 11 is 1.41. The second-order valence-electron chi connectivity index (χ2n) is 6.18. The molecular weight excluding hydrogens is 362 g/mol. The first-order chi connectivity index (χ1) is 13.0. The van der Waals surface area contributed by atoms with E-state index in [1.54, 1.807) is 5.38 Å². The van der Waals surface area contributed by atoms with Crippen LogP contribution in [0.2, 0.25) is 0 Å². The van der Waals surface area contributed by atoms with Crippen molar-refractivity contribution in [3.05, 3.63) is 64.7 Å². The summed E-state index contributed by atoms with van der Waals surface area (Å²) in [5.74, 6) is 0.684. The Balaban J connectivity index is 1.63. The summed E-state index contributed by atoms with van der Waals surface area (Å²) in [5.41, 5.74) is 3.65. The van der Waals surface area contributed by atoms with Crippen molar-refractivity contribution >= 4 is 17.3 Å². The van der Waals surface area contributed by atoms with Crippen molar-refractivity contribution in [1.29, 1.82) is 0 Å². The number of para-hydroxylation sites is 1. The van der Waals surface area contributed by atoms with E-state index in [-0.39, 0.29) is 6.42 Å². The Kier molecular flexibility index (Phi) is 6.08. The van der Waals surface area contributed by atoms with Gasteiger partial charge in [-0.1, -0.05) is 24.3 Å². The highest BCUT2D eigenvalue weighted by Gasteiger charge is 2.12. The van der Waals surface area contributed by atoms with Gasteiger partial charge in [-0.25, -0.2) is 4.98 Å². The molecule has 6 heteroatoms. The maximum absolute atomic E-state index is 10.8. The first kappa shape index (κ1) is 18.9. The van der Waals surface area contributed by atoms with Crippen molar-refractivity contribution in [3.8, 4) is 22.1 Å². The number of carboxylic acid groups (broad SMARTS) is 1. The molecule has 140 valence electrons. The number of benzene rings is 2. The molecule has 0 aliphatic carbocycles. The number of hydrogen-bond acceptors (Lipinski definition) is 5. The van der Waals surface area contributed by atoms with Crippen LogP contribution in [0.4, 0.5) is 0 Å². The van der Waals surface area contributed by atoms with Crippen molar-refractivity contribution in [2.24, 2.45) is 0 Å². The molecule has 5 nitrogen and oxygen atoms in total. The molecule has 3 rings (SSSR count). The topological polar surface area (TPSA) is 68.7 Å². The zero-order valence-electron chi connectivity index (χ0n) is 15.3. The molecule has 1 N–H and O–H groups in total. The molecule has 0 amide bonds. The normalized spacial score (nSPS) is 10.6. The van der Waals surface area contributed by atoms with Crippen LogP contribution in [0.15, 0.2) is 47.8 Å². The van der Waals surface area contributed by atoms with Crippen LogP contribution in [-0.4, -0.2) is 29.3 Å². The number of thiazole rings is 1. The van der Waals surface area contributed by atoms with Gasteiger partial charge in [0, 0.05) is 5.38 Å². The molecule has 0 aliphatic heterocycles. The van der Waals surface area contributed by atoms with Gasteiger partial charge in [-0.3, -0.25) is 4.79 Å². The summed E-state index contributed by atoms with van der Waals surface area (Å²) in [7, 11) is 0. The van der Waals surface area contributed by atoms with E-state index < -0.39 is 5.97 Å². The lowest BCUT2D eigenvalue weighted by atomic mass is 10.1. The molecule has 0 unspecified atom stereocenters. The summed E-state index contributed by atoms with van der Waals surface area (Å²) in [6, 6.07) is 13.7. The number of aromatic nitrogens is 1. The number of nitrogens with zero attached hydrogens (tertiary/aromatic N) is 1. The highest BCUT2D eigenvalue weighted by atomic mass is 32.1. The average Bonchev–Trinajstić information content (AvgIpc) is 3.09. The van der Waals surface area contributed by atoms with Gasteiger partial charge in [0.05, 0.1) is 17.7 Å². The number of aryl methyl sites for hydroxylation is 2. The van der Waals surface area contributed by atoms with Gasteiger partial charge in [0.1, 0.15) is 29.7 Å². The molecule has 0 saturated carbocycles. The molecule has 0 radical (unpaired) electrons. The van der Waals surface area contributed by atoms with Crippen LogP contribution >= 0.6 is 11.3 Å². The Morgan fingerprint density at radius 2 is 1.81 bits per heavy atom. The summed E-state index contributed by atoms with van der Waals surface area (Å²) in [6.45, 7) is 4.88. The summed E-state index contributed by atoms with van der Waals surface area (Å²) < 4.78 is 11.7. The molecular formula is C21H21NO4S. The fraction of sp³-hybridized carbons (Fsp3) is 0.238. The van der Waals surface area contributed by atoms with Crippen LogP contribution in [0, 0.1) is 13.8 Å². The fourth-order valence-corrected chi connectivity index (χ4v) is 3.45. The van der Waals surface area contributed by atoms with Gasteiger partial charge < -0.3 is 14.6 Å². The van der Waals surface area contributed by atoms with E-state index in [2.05, 4.69) is 11.1 Å². The Labute approximate surface area is 162 Å². The standard InChI is InChI=1S/C21H21NO4S/c1-14-7-8-15(2)19(11-14)26-10-9-25-18-6-4-3-5-17(18)21-22-16(13-27-21)12-20(23)24/h3-8,11,13H,9-10,12H2,1-2H3,(H,23,24). The summed E-state index contributed by atoms with van der Waals surface area (Å²) in [5, 5.41) is 11.4. The molecule has 1 heterocycles. The first-order valence-electron chi connectivity index (χ1n) is 8.61. The number of aliphatic carboxylic acids is 1. The fourth-order valence-electron chi connectivity index (χ4n) is 2.60. The van der Waals surface area contributed by atoms with E-state index in [9.17, 15) is 4.79 Å². The Morgan fingerprint density at radius 1 is 1.07 bits per heavy atom. The highest BCUT2D eigenvalue weighted by molar-refractivity contribution is 7.13. The van der Waals surface area contributed by atoms with Crippen LogP contribution in [0.25, 0.3) is 10.6 Å². The minimum atomic E-state index is -0.889. The largest absolute Gasteiger partial charge is 0.490 e. The van der Waals surface area contributed by atoms with E-state index in [1.165, 1.54) is 11.3 Å². The minimum Gasteiger partial charge on any atom is -0.490 e. The highest BCUT2D eigenvalue weighted by Crippen LogP contribution is 2.32. The second kappa shape index (κ2) is 8.68. The van der Waals surface area contributed by atoms with Gasteiger partial charge in [0.15, 0.2) is 0 Å². The molecule has 0 atom stereocenters. The molecule has 27 heavy (non-hydrogen) atoms. The van der Waals surface area contributed by atoms with E-state index in [1.807, 2.05) is 50.2 Å². The zero-order valence-corrected chi connectivity index (χ0v) is 16.1. The van der Waals surface area contributed by atoms with E-state index >= 15 is 0 Å². The molecule has 1 aromatic heterocycles. The van der Waals surface area contributed by atoms with Crippen molar-refractivity contribution in [1.82, 2.24) is 4.98 Å². The lowest BCUT2D eigenvalue weighted by Gasteiger charge is -2.12. The smallest absolute Gasteiger partial charge is 0.309 e. The molecule has 3 aromatic rings. The molecule has 2 aromatic carbocycles. The van der Waals surface area contributed by atoms with E-state index in [0.29, 0.717) is 24.7 Å². The van der Waals surface area contributed by atoms with Gasteiger partial charge in [0.25, 0.3) is 0 Å². The molecule has 0 fully saturated rings. The predicted molar refractivity (Wildman–Crippen MR) is 106 cm³/mol. The van der Waals surface area contributed by atoms with E-state index in [0.717, 1.165) is 27.4 Å². The van der Waals surface area contributed by atoms with Gasteiger partial charge >= 0.3 is 5.97 Å². The summed E-state index contributed by atoms with van der Waals surface area (Å²) in [4.78, 5) is 15.2. The number of carboxylic acids is 1. The third-order valence-electron chi connectivity index (χ3n) is 3.94. The number of carbonyl (C=O) groups is 1. The van der Waals surface area contributed by atoms with E-state index in [4.69, 9.17) is 14.6 Å². The molecule has 0 aliphatic rings. The van der Waals surface area contributed by atoms with Crippen LogP contribution in [-0.2, 0) is 11.2 Å². The lowest BCUT2D eigenvalue weighted by Crippen LogP contribution is -2.10. The molecule has 0 spiro atoms. The minimum absolute atomic E-state index is 0.0802. The van der Waals surface area contributed by atoms with Crippen molar-refractivity contribution in [3.63, 3.8) is 0 Å². The number of hydrogen-bond donors (Lipinski definition) is 1. The van der Waals surface area contributed by atoms with Crippen LogP contribution in [0.5, 0.6) is 11.5 Å². The maximum Gasteiger partial charge on any atom is 0.309 e. The van der Waals surface area contributed by atoms with Crippen molar-refractivity contribution in [2.75, 3.05) is 13.2 Å². The monoisotopic (exact) mass is 383 g/mol. The number of rotatable bonds is 8. The van der Waals surface area contributed by atoms with Crippen molar-refractivity contribution in [2.45, 2.75) is 20.3 Å². The molecule has 0 bridgehead atoms. The molecule has 0 saturated heterocycles. The second-order valence-corrected chi connectivity index (χ2v) is 7.03. The SMILES string of the molecule is Cc1ccc(C)c(OCCOc2ccccc2-c2nc(CC(=O)O)cs2)c1. The van der Waals surface area contributed by atoms with Crippen molar-refractivity contribution < 1.29 is 19.4 Å². The predicted octanol–water partition coefficient (Wildman–Crippen LogP) is 4.51. The third kappa shape index (κ3) is 5.08. The van der Waals surface area contributed by atoms with Gasteiger partial charge in [-0.2, -0.15) is 0 Å². The Bertz CT molecular complexity index is 935. The van der Waals surface area contributed by atoms with Crippen LogP contribution in [0.1, 0.15) is 16.8 Å². The quantitative estimate of drug-likeness (QED) is 0.580. The lowest BCUT2D eigenvalue weighted by molar-refractivity contribution is -0.136. The van der Waals surface area contributed by atoms with Gasteiger partial charge in [-0.15, -0.1) is 11.3 Å². The first-order valence-corrected chi connectivity index (χ1v) is 9.49. The Hall–Kier alpha value is -2.86. The Morgan fingerprint density at radius 3 is 2.59 bits per heavy atom.